The fourth-order valence-electron chi connectivity index (χ4n) is 2.30. The molecule has 0 radical (unpaired) electrons. The largest absolute Gasteiger partial charge is 3.00 e. The van der Waals surface area contributed by atoms with Crippen LogP contribution in [0.1, 0.15) is 22.8 Å². The average molecular weight is 404 g/mol. The van der Waals surface area contributed by atoms with E-state index < -0.39 is 0 Å². The van der Waals surface area contributed by atoms with E-state index in [1.54, 1.807) is 0 Å². The molecule has 2 heterocycles. The maximum atomic E-state index is 6.75. The van der Waals surface area contributed by atoms with Crippen LogP contribution in [-0.4, -0.2) is 32.7 Å². The Hall–Kier alpha value is -2.49. The van der Waals surface area contributed by atoms with Crippen LogP contribution >= 0.6 is 0 Å². The summed E-state index contributed by atoms with van der Waals surface area (Å²) in [6.07, 6.45) is 0. The summed E-state index contributed by atoms with van der Waals surface area (Å²) in [5.74, 6) is 0. The quantitative estimate of drug-likeness (QED) is 0.338. The molecule has 0 amide bonds. The maximum absolute atomic E-state index is 6.75. The van der Waals surface area contributed by atoms with E-state index in [0.29, 0.717) is 0 Å². The number of hydrogen-bond donors (Lipinski definition) is 1. The zero-order chi connectivity index (χ0) is 19.2. The van der Waals surface area contributed by atoms with Gasteiger partial charge in [0.15, 0.2) is 0 Å². The van der Waals surface area contributed by atoms with E-state index in [9.17, 15) is 0 Å². The smallest absolute Gasteiger partial charge is 0.373 e. The van der Waals surface area contributed by atoms with Gasteiger partial charge in [-0.15, -0.1) is 0 Å². The molecule has 26 heavy (non-hydrogen) atoms. The molecule has 2 aromatic rings. The molecule has 1 N–H and O–H groups in total. The average Bonchev–Trinajstić information content (AvgIpc) is 3.01. The van der Waals surface area contributed by atoms with E-state index in [1.165, 1.54) is 21.2 Å². The molecule has 0 bridgehead atoms. The standard InChI is InChI=1S/C14H23N5.Co.2N3/c1-11-9-13(3)18(16-11)7-5-15-6-8-19-14(4)10-12(2)17-19;;2*1-3-2/h9-10,15H,5-8H2,1-4H3;;;/q;+3;2*-1. The summed E-state index contributed by atoms with van der Waals surface area (Å²) in [5.41, 5.74) is 31.6. The SMILES string of the molecule is Cc1cc(C)n(CCNCCn2nc(C)cc2C)n1.[Co+3].[N-]=[N+]=[N-].[N-]=[N+]=[N-]. The molecule has 0 atom stereocenters. The Morgan fingerprint density at radius 1 is 0.808 bits per heavy atom. The third-order valence-corrected chi connectivity index (χ3v) is 3.21. The summed E-state index contributed by atoms with van der Waals surface area (Å²) < 4.78 is 4.09. The normalized spacial score (nSPS) is 8.77. The third-order valence-electron chi connectivity index (χ3n) is 3.21. The third kappa shape index (κ3) is 10.4. The molecule has 0 fully saturated rings. The van der Waals surface area contributed by atoms with Crippen molar-refractivity contribution < 1.29 is 16.8 Å². The van der Waals surface area contributed by atoms with E-state index in [4.69, 9.17) is 22.1 Å². The summed E-state index contributed by atoms with van der Waals surface area (Å²) in [6.45, 7) is 11.9. The van der Waals surface area contributed by atoms with Gasteiger partial charge in [-0.05, 0) is 39.8 Å². The topological polar surface area (TPSA) is 165 Å². The number of nitrogens with one attached hydrogen (secondary N) is 1. The van der Waals surface area contributed by atoms with Gasteiger partial charge in [-0.1, -0.05) is 0 Å². The van der Waals surface area contributed by atoms with Gasteiger partial charge in [0, 0.05) is 24.5 Å². The first-order valence-electron chi connectivity index (χ1n) is 7.59. The van der Waals surface area contributed by atoms with Crippen molar-refractivity contribution in [2.24, 2.45) is 0 Å². The second-order valence-corrected chi connectivity index (χ2v) is 5.23. The van der Waals surface area contributed by atoms with Crippen LogP contribution in [0.4, 0.5) is 0 Å². The van der Waals surface area contributed by atoms with E-state index in [2.05, 4.69) is 41.5 Å². The zero-order valence-corrected chi connectivity index (χ0v) is 16.3. The zero-order valence-electron chi connectivity index (χ0n) is 15.3. The van der Waals surface area contributed by atoms with E-state index in [1.807, 2.05) is 23.2 Å². The van der Waals surface area contributed by atoms with Crippen molar-refractivity contribution in [3.63, 3.8) is 0 Å². The van der Waals surface area contributed by atoms with Gasteiger partial charge in [-0.3, -0.25) is 19.2 Å². The summed E-state index contributed by atoms with van der Waals surface area (Å²) >= 11 is 0. The Labute approximate surface area is 162 Å². The van der Waals surface area contributed by atoms with Crippen molar-refractivity contribution in [1.82, 2.24) is 24.9 Å². The summed E-state index contributed by atoms with van der Waals surface area (Å²) in [4.78, 5) is 3.00. The molecule has 2 rings (SSSR count). The van der Waals surface area contributed by atoms with Crippen LogP contribution in [0.15, 0.2) is 12.1 Å². The molecule has 142 valence electrons. The first kappa shape index (κ1) is 25.7. The van der Waals surface area contributed by atoms with Crippen molar-refractivity contribution in [3.05, 3.63) is 66.9 Å². The molecule has 0 spiro atoms. The Bertz CT molecular complexity index is 646. The Kier molecular flexibility index (Phi) is 14.7. The minimum Gasteiger partial charge on any atom is -0.373 e. The molecular formula is C14H23CoN11+. The maximum Gasteiger partial charge on any atom is 3.00 e. The van der Waals surface area contributed by atoms with Gasteiger partial charge >= 0.3 is 16.8 Å². The van der Waals surface area contributed by atoms with Crippen LogP contribution in [-0.2, 0) is 29.9 Å². The Morgan fingerprint density at radius 3 is 1.35 bits per heavy atom. The Balaban J connectivity index is 0. The van der Waals surface area contributed by atoms with Crippen LogP contribution in [0.2, 0.25) is 0 Å². The Morgan fingerprint density at radius 2 is 1.12 bits per heavy atom. The van der Waals surface area contributed by atoms with Crippen LogP contribution in [0.3, 0.4) is 0 Å². The number of aromatic nitrogens is 4. The number of nitrogens with zero attached hydrogens (tertiary/aromatic N) is 10. The minimum absolute atomic E-state index is 0. The number of hydrogen-bond acceptors (Lipinski definition) is 3. The van der Waals surface area contributed by atoms with Gasteiger partial charge < -0.3 is 27.4 Å². The molecule has 0 saturated heterocycles. The molecule has 0 aliphatic rings. The van der Waals surface area contributed by atoms with E-state index >= 15 is 0 Å². The van der Waals surface area contributed by atoms with Crippen molar-refractivity contribution in [3.8, 4) is 0 Å². The monoisotopic (exact) mass is 404 g/mol. The van der Waals surface area contributed by atoms with Crippen LogP contribution in [0, 0.1) is 27.7 Å². The summed E-state index contributed by atoms with van der Waals surface area (Å²) in [5, 5.41) is 12.3. The second-order valence-electron chi connectivity index (χ2n) is 5.23. The molecule has 0 unspecified atom stereocenters. The van der Waals surface area contributed by atoms with Crippen molar-refractivity contribution in [1.29, 1.82) is 0 Å². The van der Waals surface area contributed by atoms with Gasteiger partial charge in [0.2, 0.25) is 0 Å². The fraction of sp³-hybridized carbons (Fsp3) is 0.571. The van der Waals surface area contributed by atoms with Gasteiger partial charge in [0.1, 0.15) is 0 Å². The second kappa shape index (κ2) is 14.8. The molecule has 0 saturated carbocycles. The predicted octanol–water partition coefficient (Wildman–Crippen LogP) is 3.33. The summed E-state index contributed by atoms with van der Waals surface area (Å²) in [6, 6.07) is 4.21. The van der Waals surface area contributed by atoms with Gasteiger partial charge in [-0.25, -0.2) is 0 Å². The van der Waals surface area contributed by atoms with Gasteiger partial charge in [0.25, 0.3) is 0 Å². The molecule has 0 aromatic carbocycles. The van der Waals surface area contributed by atoms with Gasteiger partial charge in [0.05, 0.1) is 24.5 Å². The molecule has 0 aliphatic heterocycles. The van der Waals surface area contributed by atoms with Crippen LogP contribution < -0.4 is 5.32 Å². The van der Waals surface area contributed by atoms with Gasteiger partial charge in [-0.2, -0.15) is 10.2 Å². The first-order chi connectivity index (χ1) is 11.9. The molecule has 2 aromatic heterocycles. The molecular weight excluding hydrogens is 381 g/mol. The first-order valence-corrected chi connectivity index (χ1v) is 7.59. The number of rotatable bonds is 6. The van der Waals surface area contributed by atoms with Crippen LogP contribution in [0.5, 0.6) is 0 Å². The van der Waals surface area contributed by atoms with Crippen molar-refractivity contribution >= 4 is 0 Å². The van der Waals surface area contributed by atoms with E-state index in [-0.39, 0.29) is 16.8 Å². The molecule has 12 heteroatoms. The van der Waals surface area contributed by atoms with Crippen molar-refractivity contribution in [2.75, 3.05) is 13.1 Å². The molecule has 0 aliphatic carbocycles. The predicted molar refractivity (Wildman–Crippen MR) is 96.4 cm³/mol. The van der Waals surface area contributed by atoms with Crippen molar-refractivity contribution in [2.45, 2.75) is 40.8 Å². The summed E-state index contributed by atoms with van der Waals surface area (Å²) in [7, 11) is 0. The minimum atomic E-state index is 0. The number of aryl methyl sites for hydroxylation is 4. The van der Waals surface area contributed by atoms with E-state index in [0.717, 1.165) is 37.6 Å². The van der Waals surface area contributed by atoms with Crippen LogP contribution in [0.25, 0.3) is 31.9 Å². The fourth-order valence-corrected chi connectivity index (χ4v) is 2.30. The molecule has 11 nitrogen and oxygen atoms in total.